The predicted molar refractivity (Wildman–Crippen MR) is 199 cm³/mol. The highest BCUT2D eigenvalue weighted by molar-refractivity contribution is 7.13. The lowest BCUT2D eigenvalue weighted by Gasteiger charge is -2.24. The predicted octanol–water partition coefficient (Wildman–Crippen LogP) is 12.1. The lowest BCUT2D eigenvalue weighted by Crippen LogP contribution is -2.30. The fourth-order valence-electron chi connectivity index (χ4n) is 6.72. The third-order valence-corrected chi connectivity index (χ3v) is 12.3. The van der Waals surface area contributed by atoms with Gasteiger partial charge in [0.05, 0.1) is 32.3 Å². The summed E-state index contributed by atoms with van der Waals surface area (Å²) >= 11 is 3.49. The molecule has 0 bridgehead atoms. The molecule has 0 radical (unpaired) electrons. The maximum Gasteiger partial charge on any atom is 0.261 e. The Balaban J connectivity index is 1.62. The summed E-state index contributed by atoms with van der Waals surface area (Å²) < 4.78 is 0. The molecule has 4 rings (SSSR count). The zero-order valence-electron chi connectivity index (χ0n) is 29.7. The normalized spacial score (nSPS) is 15.2. The van der Waals surface area contributed by atoms with Crippen LogP contribution in [0.4, 0.5) is 0 Å². The van der Waals surface area contributed by atoms with E-state index < -0.39 is 0 Å². The minimum Gasteiger partial charge on any atom is -0.306 e. The van der Waals surface area contributed by atoms with Crippen molar-refractivity contribution in [2.24, 2.45) is 0 Å². The molecule has 2 aliphatic heterocycles. The Morgan fingerprint density at radius 1 is 0.500 bits per heavy atom. The van der Waals surface area contributed by atoms with Crippen LogP contribution < -0.4 is 0 Å². The molecule has 0 unspecified atom stereocenters. The van der Waals surface area contributed by atoms with Crippen LogP contribution in [-0.4, -0.2) is 34.7 Å². The minimum absolute atomic E-state index is 0.0220. The second-order valence-corrected chi connectivity index (χ2v) is 16.3. The Morgan fingerprint density at radius 2 is 0.826 bits per heavy atom. The number of fused-ring (bicyclic) bond motifs is 1. The van der Waals surface area contributed by atoms with Gasteiger partial charge in [-0.25, -0.2) is 0 Å². The molecule has 2 aromatic heterocycles. The van der Waals surface area contributed by atoms with Crippen LogP contribution in [0.5, 0.6) is 0 Å². The summed E-state index contributed by atoms with van der Waals surface area (Å²) in [6.45, 7) is 14.7. The standard InChI is InChI=1S/C40H60N2O2S2/c1-7-9-11-13-15-17-19-21-27-41-37(33-25-23-31(45-33)29(3)4)35-36(39(41)43)38(34-26-24-32(46-34)30(5)6)42(40(35)44)28-22-20-18-16-14-12-10-8-2/h23-26,29-30H,7-22,27-28H2,1-6H3. The van der Waals surface area contributed by atoms with E-state index in [-0.39, 0.29) is 11.8 Å². The Bertz CT molecular complexity index is 1240. The van der Waals surface area contributed by atoms with Gasteiger partial charge in [-0.1, -0.05) is 131 Å². The van der Waals surface area contributed by atoms with Crippen LogP contribution in [-0.2, 0) is 9.59 Å². The van der Waals surface area contributed by atoms with E-state index in [1.807, 2.05) is 9.80 Å². The van der Waals surface area contributed by atoms with E-state index >= 15 is 0 Å². The van der Waals surface area contributed by atoms with Gasteiger partial charge in [0.25, 0.3) is 11.8 Å². The SMILES string of the molecule is CCCCCCCCCCN1C(=O)C2=C(c3ccc(C(C)C)s3)N(CCCCCCCCCC)C(=O)C2=C1c1ccc(C(C)C)s1. The fraction of sp³-hybridized carbons (Fsp3) is 0.650. The van der Waals surface area contributed by atoms with E-state index in [1.165, 1.54) is 86.8 Å². The highest BCUT2D eigenvalue weighted by Gasteiger charge is 2.49. The van der Waals surface area contributed by atoms with Crippen molar-refractivity contribution in [3.8, 4) is 0 Å². The molecule has 0 saturated carbocycles. The van der Waals surface area contributed by atoms with Crippen molar-refractivity contribution in [2.75, 3.05) is 13.1 Å². The average Bonchev–Trinajstić information content (AvgIpc) is 3.82. The zero-order chi connectivity index (χ0) is 33.1. The molecule has 2 amide bonds. The fourth-order valence-corrected chi connectivity index (χ4v) is 8.87. The Hall–Kier alpha value is -2.18. The number of hydrogen-bond acceptors (Lipinski definition) is 4. The Kier molecular flexibility index (Phi) is 14.7. The van der Waals surface area contributed by atoms with Crippen LogP contribution in [0.2, 0.25) is 0 Å². The number of thiophene rings is 2. The second-order valence-electron chi connectivity index (χ2n) is 14.0. The van der Waals surface area contributed by atoms with Crippen molar-refractivity contribution < 1.29 is 9.59 Å². The molecule has 0 N–H and O–H groups in total. The van der Waals surface area contributed by atoms with Gasteiger partial charge in [0.1, 0.15) is 0 Å². The summed E-state index contributed by atoms with van der Waals surface area (Å²) in [5.41, 5.74) is 3.02. The highest BCUT2D eigenvalue weighted by atomic mass is 32.1. The number of hydrogen-bond donors (Lipinski definition) is 0. The van der Waals surface area contributed by atoms with Crippen LogP contribution in [0, 0.1) is 0 Å². The zero-order valence-corrected chi connectivity index (χ0v) is 31.4. The van der Waals surface area contributed by atoms with Crippen molar-refractivity contribution in [2.45, 2.75) is 156 Å². The molecular formula is C40H60N2O2S2. The number of nitrogens with zero attached hydrogens (tertiary/aromatic N) is 2. The van der Waals surface area contributed by atoms with E-state index in [9.17, 15) is 9.59 Å². The molecule has 0 saturated heterocycles. The molecule has 4 heterocycles. The molecule has 0 aromatic carbocycles. The van der Waals surface area contributed by atoms with Crippen LogP contribution in [0.15, 0.2) is 35.4 Å². The first-order valence-corrected chi connectivity index (χ1v) is 20.3. The molecule has 0 fully saturated rings. The van der Waals surface area contributed by atoms with Gasteiger partial charge >= 0.3 is 0 Å². The van der Waals surface area contributed by atoms with E-state index in [1.54, 1.807) is 22.7 Å². The number of rotatable bonds is 22. The average molecular weight is 665 g/mol. The maximum absolute atomic E-state index is 14.5. The van der Waals surface area contributed by atoms with Gasteiger partial charge in [0.2, 0.25) is 0 Å². The minimum atomic E-state index is 0.0220. The second kappa shape index (κ2) is 18.4. The Morgan fingerprint density at radius 3 is 1.13 bits per heavy atom. The molecule has 254 valence electrons. The van der Waals surface area contributed by atoms with Crippen LogP contribution in [0.3, 0.4) is 0 Å². The van der Waals surface area contributed by atoms with Gasteiger partial charge in [-0.05, 0) is 48.9 Å². The largest absolute Gasteiger partial charge is 0.306 e. The first kappa shape index (κ1) is 36.7. The molecule has 0 aliphatic carbocycles. The molecular weight excluding hydrogens is 605 g/mol. The summed E-state index contributed by atoms with van der Waals surface area (Å²) in [7, 11) is 0. The molecule has 0 spiro atoms. The molecule has 6 heteroatoms. The summed E-state index contributed by atoms with van der Waals surface area (Å²) in [6, 6.07) is 8.67. The first-order chi connectivity index (χ1) is 22.3. The monoisotopic (exact) mass is 664 g/mol. The van der Waals surface area contributed by atoms with Gasteiger partial charge in [-0.2, -0.15) is 0 Å². The summed E-state index contributed by atoms with van der Waals surface area (Å²) in [5, 5.41) is 0. The lowest BCUT2D eigenvalue weighted by molar-refractivity contribution is -0.124. The van der Waals surface area contributed by atoms with E-state index in [0.717, 1.165) is 46.8 Å². The van der Waals surface area contributed by atoms with Gasteiger partial charge in [0, 0.05) is 22.8 Å². The smallest absolute Gasteiger partial charge is 0.261 e. The highest BCUT2D eigenvalue weighted by Crippen LogP contribution is 2.49. The van der Waals surface area contributed by atoms with Crippen molar-refractivity contribution in [3.63, 3.8) is 0 Å². The van der Waals surface area contributed by atoms with Gasteiger partial charge in [-0.15, -0.1) is 22.7 Å². The first-order valence-electron chi connectivity index (χ1n) is 18.6. The summed E-state index contributed by atoms with van der Waals surface area (Å²) in [6.07, 6.45) is 19.6. The van der Waals surface area contributed by atoms with Crippen molar-refractivity contribution in [3.05, 3.63) is 54.9 Å². The number of carbonyl (C=O) groups excluding carboxylic acids is 2. The van der Waals surface area contributed by atoms with Crippen LogP contribution in [0.1, 0.15) is 176 Å². The van der Waals surface area contributed by atoms with Crippen molar-refractivity contribution in [1.82, 2.24) is 9.80 Å². The van der Waals surface area contributed by atoms with Crippen LogP contribution >= 0.6 is 22.7 Å². The summed E-state index contributed by atoms with van der Waals surface area (Å²) in [5.74, 6) is 0.862. The van der Waals surface area contributed by atoms with Crippen LogP contribution in [0.25, 0.3) is 11.4 Å². The third kappa shape index (κ3) is 9.04. The summed E-state index contributed by atoms with van der Waals surface area (Å²) in [4.78, 5) is 37.7. The van der Waals surface area contributed by atoms with Crippen molar-refractivity contribution in [1.29, 1.82) is 0 Å². The lowest BCUT2D eigenvalue weighted by atomic mass is 10.1. The molecule has 4 nitrogen and oxygen atoms in total. The number of carbonyl (C=O) groups is 2. The van der Waals surface area contributed by atoms with Gasteiger partial charge in [-0.3, -0.25) is 9.59 Å². The van der Waals surface area contributed by atoms with Gasteiger partial charge < -0.3 is 9.80 Å². The third-order valence-electron chi connectivity index (χ3n) is 9.51. The van der Waals surface area contributed by atoms with E-state index in [0.29, 0.717) is 36.1 Å². The molecule has 0 atom stereocenters. The van der Waals surface area contributed by atoms with Crippen molar-refractivity contribution >= 4 is 45.9 Å². The molecule has 2 aromatic rings. The van der Waals surface area contributed by atoms with Gasteiger partial charge in [0.15, 0.2) is 0 Å². The number of unbranched alkanes of at least 4 members (excludes halogenated alkanes) is 14. The van der Waals surface area contributed by atoms with E-state index in [4.69, 9.17) is 0 Å². The maximum atomic E-state index is 14.5. The molecule has 2 aliphatic rings. The quantitative estimate of drug-likeness (QED) is 0.118. The van der Waals surface area contributed by atoms with E-state index in [2.05, 4.69) is 65.8 Å². The molecule has 46 heavy (non-hydrogen) atoms. The Labute approximate surface area is 288 Å². The number of amides is 2. The topological polar surface area (TPSA) is 40.6 Å².